The predicted molar refractivity (Wildman–Crippen MR) is 165 cm³/mol. The number of hydrogen-bond donors (Lipinski definition) is 1. The van der Waals surface area contributed by atoms with Crippen LogP contribution < -0.4 is 14.2 Å². The van der Waals surface area contributed by atoms with Crippen molar-refractivity contribution in [3.05, 3.63) is 95.0 Å². The van der Waals surface area contributed by atoms with Gasteiger partial charge in [-0.15, -0.1) is 21.5 Å². The lowest BCUT2D eigenvalue weighted by Crippen LogP contribution is -2.32. The molecule has 11 nitrogen and oxygen atoms in total. The lowest BCUT2D eigenvalue weighted by atomic mass is 10.2. The molecule has 14 heteroatoms. The van der Waals surface area contributed by atoms with Crippen molar-refractivity contribution < 1.29 is 27.0 Å². The number of ether oxygens (including phenoxy) is 3. The standard InChI is InChI=1S/C30H31FN6O5S2/c1-20-19-43-29(33-20)28-34-35-30(37(28)27-25(40-2)10-7-11-26(27)41-3)36-44(38,39)24(16-23-13-12-22(31)17-32-23)14-15-42-18-21-8-5-4-6-9-21/h4-13,17,19,24H,14-16,18H2,1-3H3,(H,35,36)/t24-/m0/s1. The molecule has 0 saturated heterocycles. The zero-order chi connectivity index (χ0) is 31.1. The second kappa shape index (κ2) is 13.9. The van der Waals surface area contributed by atoms with E-state index in [0.29, 0.717) is 40.3 Å². The Kier molecular flexibility index (Phi) is 9.82. The summed E-state index contributed by atoms with van der Waals surface area (Å²) in [5.74, 6) is 0.506. The highest BCUT2D eigenvalue weighted by atomic mass is 32.2. The van der Waals surface area contributed by atoms with Gasteiger partial charge < -0.3 is 14.2 Å². The van der Waals surface area contributed by atoms with Crippen LogP contribution in [-0.2, 0) is 27.8 Å². The molecule has 5 aromatic rings. The van der Waals surface area contributed by atoms with E-state index in [1.165, 1.54) is 42.3 Å². The van der Waals surface area contributed by atoms with Crippen LogP contribution in [0.15, 0.2) is 72.2 Å². The quantitative estimate of drug-likeness (QED) is 0.163. The van der Waals surface area contributed by atoms with Crippen LogP contribution in [0.2, 0.25) is 0 Å². The number of pyridine rings is 1. The highest BCUT2D eigenvalue weighted by molar-refractivity contribution is 7.93. The van der Waals surface area contributed by atoms with Gasteiger partial charge in [0, 0.05) is 29.8 Å². The summed E-state index contributed by atoms with van der Waals surface area (Å²) in [6.07, 6.45) is 1.20. The predicted octanol–water partition coefficient (Wildman–Crippen LogP) is 5.21. The van der Waals surface area contributed by atoms with E-state index >= 15 is 0 Å². The van der Waals surface area contributed by atoms with Crippen molar-refractivity contribution in [3.8, 4) is 28.0 Å². The first kappa shape index (κ1) is 31.0. The largest absolute Gasteiger partial charge is 0.494 e. The fourth-order valence-corrected chi connectivity index (χ4v) is 6.65. The van der Waals surface area contributed by atoms with E-state index < -0.39 is 21.1 Å². The number of nitrogens with zero attached hydrogens (tertiary/aromatic N) is 5. The highest BCUT2D eigenvalue weighted by Crippen LogP contribution is 2.38. The molecule has 5 rings (SSSR count). The second-order valence-corrected chi connectivity index (χ2v) is 12.6. The molecule has 0 fully saturated rings. The van der Waals surface area contributed by atoms with E-state index in [2.05, 4.69) is 24.9 Å². The maximum absolute atomic E-state index is 14.1. The van der Waals surface area contributed by atoms with Gasteiger partial charge in [-0.25, -0.2) is 17.8 Å². The molecule has 0 aliphatic carbocycles. The molecule has 44 heavy (non-hydrogen) atoms. The zero-order valence-corrected chi connectivity index (χ0v) is 25.9. The number of para-hydroxylation sites is 1. The van der Waals surface area contributed by atoms with Crippen LogP contribution in [0.1, 0.15) is 23.4 Å². The number of halogens is 1. The summed E-state index contributed by atoms with van der Waals surface area (Å²) in [6, 6.07) is 17.5. The minimum absolute atomic E-state index is 0.00889. The van der Waals surface area contributed by atoms with Gasteiger partial charge in [0.2, 0.25) is 16.0 Å². The number of thiazole rings is 1. The summed E-state index contributed by atoms with van der Waals surface area (Å²) in [5, 5.41) is 9.93. The summed E-state index contributed by atoms with van der Waals surface area (Å²) in [6.45, 7) is 2.33. The van der Waals surface area contributed by atoms with Crippen molar-refractivity contribution >= 4 is 27.3 Å². The molecule has 1 atom stereocenters. The molecule has 0 saturated carbocycles. The van der Waals surface area contributed by atoms with Crippen LogP contribution in [0.5, 0.6) is 11.5 Å². The Bertz CT molecular complexity index is 1770. The molecule has 0 amide bonds. The summed E-state index contributed by atoms with van der Waals surface area (Å²) in [5.41, 5.74) is 2.55. The maximum Gasteiger partial charge on any atom is 0.243 e. The average molecular weight is 639 g/mol. The van der Waals surface area contributed by atoms with Crippen LogP contribution in [0, 0.1) is 12.7 Å². The number of aromatic nitrogens is 5. The molecule has 0 aliphatic rings. The molecule has 0 bridgehead atoms. The molecule has 0 aliphatic heterocycles. The number of anilines is 1. The zero-order valence-electron chi connectivity index (χ0n) is 24.3. The van der Waals surface area contributed by atoms with E-state index in [1.807, 2.05) is 42.6 Å². The Morgan fingerprint density at radius 3 is 2.39 bits per heavy atom. The topological polar surface area (TPSA) is 130 Å². The van der Waals surface area contributed by atoms with Gasteiger partial charge >= 0.3 is 0 Å². The minimum atomic E-state index is -4.15. The summed E-state index contributed by atoms with van der Waals surface area (Å²) >= 11 is 1.34. The van der Waals surface area contributed by atoms with E-state index in [-0.39, 0.29) is 25.4 Å². The van der Waals surface area contributed by atoms with Gasteiger partial charge in [0.05, 0.1) is 32.3 Å². The molecular formula is C30H31FN6O5S2. The van der Waals surface area contributed by atoms with Crippen molar-refractivity contribution in [3.63, 3.8) is 0 Å². The van der Waals surface area contributed by atoms with Crippen LogP contribution in [0.25, 0.3) is 16.5 Å². The minimum Gasteiger partial charge on any atom is -0.494 e. The molecular weight excluding hydrogens is 607 g/mol. The average Bonchev–Trinajstić information content (AvgIpc) is 3.64. The first-order valence-electron chi connectivity index (χ1n) is 13.6. The van der Waals surface area contributed by atoms with Gasteiger partial charge in [-0.3, -0.25) is 14.3 Å². The van der Waals surface area contributed by atoms with Crippen molar-refractivity contribution in [2.24, 2.45) is 0 Å². The number of hydrogen-bond acceptors (Lipinski definition) is 10. The number of sulfonamides is 1. The SMILES string of the molecule is COc1cccc(OC)c1-n1c(NS(=O)(=O)[C@@H](CCOCc2ccccc2)Cc2ccc(F)cn2)nnc1-c1nc(C)cs1. The lowest BCUT2D eigenvalue weighted by Gasteiger charge is -2.20. The van der Waals surface area contributed by atoms with Gasteiger partial charge in [-0.1, -0.05) is 36.4 Å². The molecule has 3 heterocycles. The van der Waals surface area contributed by atoms with Crippen LogP contribution >= 0.6 is 11.3 Å². The van der Waals surface area contributed by atoms with Crippen LogP contribution in [0.3, 0.4) is 0 Å². The second-order valence-electron chi connectivity index (χ2n) is 9.76. The summed E-state index contributed by atoms with van der Waals surface area (Å²) in [7, 11) is -1.15. The van der Waals surface area contributed by atoms with Gasteiger partial charge in [-0.2, -0.15) is 0 Å². The molecule has 0 unspecified atom stereocenters. The Labute approximate surface area is 258 Å². The molecule has 2 aromatic carbocycles. The van der Waals surface area contributed by atoms with Gasteiger partial charge in [0.25, 0.3) is 0 Å². The van der Waals surface area contributed by atoms with Crippen molar-refractivity contribution in [1.29, 1.82) is 0 Å². The van der Waals surface area contributed by atoms with Crippen LogP contribution in [0.4, 0.5) is 10.3 Å². The molecule has 1 N–H and O–H groups in total. The molecule has 3 aromatic heterocycles. The first-order valence-corrected chi connectivity index (χ1v) is 16.0. The van der Waals surface area contributed by atoms with E-state index in [9.17, 15) is 12.8 Å². The molecule has 0 spiro atoms. The van der Waals surface area contributed by atoms with E-state index in [1.54, 1.807) is 18.2 Å². The van der Waals surface area contributed by atoms with Gasteiger partial charge in [-0.05, 0) is 43.2 Å². The number of nitrogens with one attached hydrogen (secondary N) is 1. The molecule has 0 radical (unpaired) electrons. The maximum atomic E-state index is 14.1. The fraction of sp³-hybridized carbons (Fsp3) is 0.267. The third kappa shape index (κ3) is 7.21. The van der Waals surface area contributed by atoms with Gasteiger partial charge in [0.1, 0.15) is 23.0 Å². The van der Waals surface area contributed by atoms with Crippen molar-refractivity contribution in [2.75, 3.05) is 25.5 Å². The fourth-order valence-electron chi connectivity index (χ4n) is 4.53. The van der Waals surface area contributed by atoms with E-state index in [0.717, 1.165) is 17.5 Å². The highest BCUT2D eigenvalue weighted by Gasteiger charge is 2.31. The summed E-state index contributed by atoms with van der Waals surface area (Å²) in [4.78, 5) is 8.63. The van der Waals surface area contributed by atoms with E-state index in [4.69, 9.17) is 14.2 Å². The normalized spacial score (nSPS) is 12.2. The third-order valence-electron chi connectivity index (χ3n) is 6.69. The monoisotopic (exact) mass is 638 g/mol. The number of methoxy groups -OCH3 is 2. The number of benzene rings is 2. The Morgan fingerprint density at radius 2 is 1.75 bits per heavy atom. The van der Waals surface area contributed by atoms with Crippen LogP contribution in [-0.4, -0.2) is 59.2 Å². The Hall–Kier alpha value is -4.40. The van der Waals surface area contributed by atoms with Crippen molar-refractivity contribution in [2.45, 2.75) is 31.6 Å². The lowest BCUT2D eigenvalue weighted by molar-refractivity contribution is 0.117. The Balaban J connectivity index is 1.50. The smallest absolute Gasteiger partial charge is 0.243 e. The number of aryl methyl sites for hydroxylation is 1. The number of rotatable bonds is 14. The Morgan fingerprint density at radius 1 is 1.00 bits per heavy atom. The van der Waals surface area contributed by atoms with Gasteiger partial charge in [0.15, 0.2) is 10.8 Å². The first-order chi connectivity index (χ1) is 21.3. The third-order valence-corrected chi connectivity index (χ3v) is 9.40. The summed E-state index contributed by atoms with van der Waals surface area (Å²) < 4.78 is 62.9. The molecule has 230 valence electrons. The van der Waals surface area contributed by atoms with Crippen molar-refractivity contribution in [1.82, 2.24) is 24.7 Å².